The highest BCUT2D eigenvalue weighted by Crippen LogP contribution is 2.33. The number of halogens is 1. The van der Waals surface area contributed by atoms with E-state index in [9.17, 15) is 0 Å². The Bertz CT molecular complexity index is 966. The van der Waals surface area contributed by atoms with Crippen LogP contribution in [0.5, 0.6) is 0 Å². The van der Waals surface area contributed by atoms with Gasteiger partial charge in [0.25, 0.3) is 0 Å². The summed E-state index contributed by atoms with van der Waals surface area (Å²) in [4.78, 5) is 4.99. The molecule has 26 heavy (non-hydrogen) atoms. The molecular weight excluding hydrogens is 362 g/mol. The van der Waals surface area contributed by atoms with Crippen LogP contribution in [0.25, 0.3) is 16.8 Å². The molecule has 0 radical (unpaired) electrons. The lowest BCUT2D eigenvalue weighted by molar-refractivity contribution is 0.563. The summed E-state index contributed by atoms with van der Waals surface area (Å²) in [6.45, 7) is 14.7. The third kappa shape index (κ3) is 3.81. The second-order valence-corrected chi connectivity index (χ2v) is 9.11. The van der Waals surface area contributed by atoms with Crippen LogP contribution in [-0.4, -0.2) is 20.4 Å². The highest BCUT2D eigenvalue weighted by Gasteiger charge is 2.22. The SMILES string of the molecule is C=C(C)CSc1cc(C(C)(C)C)nc2c(-c3ccc(Cl)cc3)c(C)nn12. The zero-order chi connectivity index (χ0) is 19.1. The van der Waals surface area contributed by atoms with Crippen molar-refractivity contribution in [2.75, 3.05) is 5.75 Å². The Hall–Kier alpha value is -1.78. The molecule has 1 aromatic carbocycles. The Balaban J connectivity index is 2.26. The Morgan fingerprint density at radius 1 is 1.23 bits per heavy atom. The van der Waals surface area contributed by atoms with Crippen molar-refractivity contribution in [1.82, 2.24) is 14.6 Å². The first-order valence-electron chi connectivity index (χ1n) is 8.61. The van der Waals surface area contributed by atoms with Crippen LogP contribution in [0.4, 0.5) is 0 Å². The second kappa shape index (κ2) is 7.09. The molecule has 0 bridgehead atoms. The topological polar surface area (TPSA) is 30.2 Å². The summed E-state index contributed by atoms with van der Waals surface area (Å²) >= 11 is 7.81. The molecule has 3 rings (SSSR count). The van der Waals surface area contributed by atoms with Gasteiger partial charge in [0.15, 0.2) is 5.65 Å². The fraction of sp³-hybridized carbons (Fsp3) is 0.333. The first-order chi connectivity index (χ1) is 12.2. The minimum absolute atomic E-state index is 0.0459. The maximum Gasteiger partial charge on any atom is 0.164 e. The van der Waals surface area contributed by atoms with Crippen LogP contribution >= 0.6 is 23.4 Å². The van der Waals surface area contributed by atoms with Crippen molar-refractivity contribution in [2.45, 2.75) is 45.1 Å². The third-order valence-electron chi connectivity index (χ3n) is 4.10. The predicted molar refractivity (Wildman–Crippen MR) is 112 cm³/mol. The van der Waals surface area contributed by atoms with Gasteiger partial charge in [0, 0.05) is 21.8 Å². The molecule has 0 aliphatic rings. The number of benzene rings is 1. The van der Waals surface area contributed by atoms with Crippen molar-refractivity contribution in [3.05, 3.63) is 58.9 Å². The van der Waals surface area contributed by atoms with E-state index >= 15 is 0 Å². The fourth-order valence-electron chi connectivity index (χ4n) is 2.74. The Morgan fingerprint density at radius 2 is 1.88 bits per heavy atom. The number of hydrogen-bond donors (Lipinski definition) is 0. The maximum absolute atomic E-state index is 6.06. The number of thioether (sulfide) groups is 1. The molecule has 0 fully saturated rings. The van der Waals surface area contributed by atoms with Crippen molar-refractivity contribution < 1.29 is 0 Å². The molecule has 0 aliphatic carbocycles. The van der Waals surface area contributed by atoms with Crippen LogP contribution in [0.15, 0.2) is 47.5 Å². The summed E-state index contributed by atoms with van der Waals surface area (Å²) < 4.78 is 1.96. The molecular formula is C21H24ClN3S. The van der Waals surface area contributed by atoms with Gasteiger partial charge in [-0.05, 0) is 37.6 Å². The fourth-order valence-corrected chi connectivity index (χ4v) is 3.70. The van der Waals surface area contributed by atoms with Gasteiger partial charge in [-0.15, -0.1) is 11.8 Å². The van der Waals surface area contributed by atoms with Gasteiger partial charge >= 0.3 is 0 Å². The zero-order valence-corrected chi connectivity index (χ0v) is 17.5. The van der Waals surface area contributed by atoms with E-state index in [4.69, 9.17) is 21.7 Å². The first-order valence-corrected chi connectivity index (χ1v) is 9.97. The number of rotatable bonds is 4. The van der Waals surface area contributed by atoms with Crippen molar-refractivity contribution in [2.24, 2.45) is 0 Å². The molecule has 5 heteroatoms. The normalized spacial score (nSPS) is 11.9. The highest BCUT2D eigenvalue weighted by molar-refractivity contribution is 7.99. The minimum atomic E-state index is -0.0459. The van der Waals surface area contributed by atoms with Gasteiger partial charge in [-0.2, -0.15) is 5.10 Å². The van der Waals surface area contributed by atoms with E-state index in [1.165, 1.54) is 0 Å². The maximum atomic E-state index is 6.06. The van der Waals surface area contributed by atoms with Crippen LogP contribution in [0.3, 0.4) is 0 Å². The molecule has 0 N–H and O–H groups in total. The first kappa shape index (κ1) is 19.0. The summed E-state index contributed by atoms with van der Waals surface area (Å²) in [5.41, 5.74) is 6.14. The van der Waals surface area contributed by atoms with E-state index in [0.717, 1.165) is 49.5 Å². The van der Waals surface area contributed by atoms with E-state index in [1.54, 1.807) is 11.8 Å². The Labute approximate surface area is 164 Å². The van der Waals surface area contributed by atoms with Gasteiger partial charge in [-0.3, -0.25) is 0 Å². The number of hydrogen-bond acceptors (Lipinski definition) is 3. The van der Waals surface area contributed by atoms with Crippen LogP contribution in [0.2, 0.25) is 5.02 Å². The second-order valence-electron chi connectivity index (χ2n) is 7.68. The van der Waals surface area contributed by atoms with Crippen molar-refractivity contribution >= 4 is 29.0 Å². The molecule has 3 nitrogen and oxygen atoms in total. The van der Waals surface area contributed by atoms with E-state index < -0.39 is 0 Å². The van der Waals surface area contributed by atoms with E-state index in [-0.39, 0.29) is 5.41 Å². The van der Waals surface area contributed by atoms with Gasteiger partial charge in [-0.25, -0.2) is 9.50 Å². The lowest BCUT2D eigenvalue weighted by Gasteiger charge is -2.19. The number of aromatic nitrogens is 3. The average molecular weight is 386 g/mol. The molecule has 3 aromatic rings. The molecule has 2 aromatic heterocycles. The van der Waals surface area contributed by atoms with E-state index in [2.05, 4.69) is 33.4 Å². The van der Waals surface area contributed by atoms with Gasteiger partial charge in [0.1, 0.15) is 5.03 Å². The summed E-state index contributed by atoms with van der Waals surface area (Å²) in [7, 11) is 0. The quantitative estimate of drug-likeness (QED) is 0.299. The lowest BCUT2D eigenvalue weighted by Crippen LogP contribution is -2.15. The molecule has 2 heterocycles. The lowest BCUT2D eigenvalue weighted by atomic mass is 9.92. The third-order valence-corrected chi connectivity index (χ3v) is 5.57. The molecule has 0 amide bonds. The largest absolute Gasteiger partial charge is 0.232 e. The zero-order valence-electron chi connectivity index (χ0n) is 15.9. The molecule has 0 saturated carbocycles. The molecule has 136 valence electrons. The predicted octanol–water partition coefficient (Wildman–Crippen LogP) is 6.32. The van der Waals surface area contributed by atoms with Gasteiger partial charge in [-0.1, -0.05) is 56.7 Å². The van der Waals surface area contributed by atoms with Crippen LogP contribution in [0.1, 0.15) is 39.1 Å². The molecule has 0 saturated heterocycles. The van der Waals surface area contributed by atoms with E-state index in [0.29, 0.717) is 0 Å². The number of aryl methyl sites for hydroxylation is 1. The smallest absolute Gasteiger partial charge is 0.164 e. The summed E-state index contributed by atoms with van der Waals surface area (Å²) in [5, 5.41) is 6.60. The summed E-state index contributed by atoms with van der Waals surface area (Å²) in [6, 6.07) is 10.0. The molecule has 0 aliphatic heterocycles. The van der Waals surface area contributed by atoms with Gasteiger partial charge in [0.2, 0.25) is 0 Å². The summed E-state index contributed by atoms with van der Waals surface area (Å²) in [6.07, 6.45) is 0. The van der Waals surface area contributed by atoms with Crippen LogP contribution in [0, 0.1) is 6.92 Å². The molecule has 0 spiro atoms. The van der Waals surface area contributed by atoms with Crippen LogP contribution < -0.4 is 0 Å². The monoisotopic (exact) mass is 385 g/mol. The van der Waals surface area contributed by atoms with Crippen molar-refractivity contribution in [3.63, 3.8) is 0 Å². The number of nitrogens with zero attached hydrogens (tertiary/aromatic N) is 3. The molecule has 0 atom stereocenters. The van der Waals surface area contributed by atoms with Crippen molar-refractivity contribution in [1.29, 1.82) is 0 Å². The minimum Gasteiger partial charge on any atom is -0.232 e. The Kier molecular flexibility index (Phi) is 5.18. The standard InChI is InChI=1S/C21H24ClN3S/c1-13(2)12-26-18-11-17(21(4,5)6)23-20-19(14(3)24-25(18)20)15-7-9-16(22)10-8-15/h7-11H,1,12H2,2-6H3. The average Bonchev–Trinajstić information content (AvgIpc) is 2.88. The highest BCUT2D eigenvalue weighted by atomic mass is 35.5. The summed E-state index contributed by atoms with van der Waals surface area (Å²) in [5.74, 6) is 0.859. The molecule has 0 unspecified atom stereocenters. The van der Waals surface area contributed by atoms with Crippen molar-refractivity contribution in [3.8, 4) is 11.1 Å². The number of fused-ring (bicyclic) bond motifs is 1. The Morgan fingerprint density at radius 3 is 2.46 bits per heavy atom. The van der Waals surface area contributed by atoms with Gasteiger partial charge < -0.3 is 0 Å². The van der Waals surface area contributed by atoms with Crippen LogP contribution in [-0.2, 0) is 5.41 Å². The van der Waals surface area contributed by atoms with E-state index in [1.807, 2.05) is 42.6 Å². The van der Waals surface area contributed by atoms with Gasteiger partial charge in [0.05, 0.1) is 11.4 Å².